The number of nitrogens with zero attached hydrogens (tertiary/aromatic N) is 3. The number of fused-ring (bicyclic) bond motifs is 1. The molecule has 2 aromatic carbocycles. The van der Waals surface area contributed by atoms with Gasteiger partial charge < -0.3 is 14.4 Å². The summed E-state index contributed by atoms with van der Waals surface area (Å²) in [6.07, 6.45) is 2.87. The van der Waals surface area contributed by atoms with Crippen molar-refractivity contribution in [2.45, 2.75) is 13.5 Å². The van der Waals surface area contributed by atoms with Crippen molar-refractivity contribution >= 4 is 23.5 Å². The Hall–Kier alpha value is -3.55. The van der Waals surface area contributed by atoms with Gasteiger partial charge in [0.15, 0.2) is 17.2 Å². The maximum Gasteiger partial charge on any atom is 0.387 e. The summed E-state index contributed by atoms with van der Waals surface area (Å²) in [6.45, 7) is 2.99. The van der Waals surface area contributed by atoms with E-state index in [1.165, 1.54) is 17.2 Å². The fourth-order valence-electron chi connectivity index (χ4n) is 2.94. The van der Waals surface area contributed by atoms with E-state index in [1.54, 1.807) is 37.3 Å². The fourth-order valence-corrected chi connectivity index (χ4v) is 2.94. The molecule has 8 heteroatoms. The highest BCUT2D eigenvalue weighted by Crippen LogP contribution is 2.32. The lowest BCUT2D eigenvalue weighted by molar-refractivity contribution is -0.112. The predicted molar refractivity (Wildman–Crippen MR) is 107 cm³/mol. The molecule has 0 saturated heterocycles. The highest BCUT2D eigenvalue weighted by atomic mass is 19.3. The summed E-state index contributed by atoms with van der Waals surface area (Å²) in [5, 5.41) is 7.99. The molecule has 0 spiro atoms. The minimum atomic E-state index is -3.02. The van der Waals surface area contributed by atoms with Crippen LogP contribution in [-0.2, 0) is 4.79 Å². The van der Waals surface area contributed by atoms with Crippen molar-refractivity contribution in [3.63, 3.8) is 0 Å². The molecule has 0 N–H and O–H groups in total. The average molecular weight is 399 g/mol. The van der Waals surface area contributed by atoms with Crippen LogP contribution in [0.3, 0.4) is 0 Å². The first-order valence-electron chi connectivity index (χ1n) is 8.90. The number of hydrogen-bond donors (Lipinski definition) is 0. The first kappa shape index (κ1) is 20.2. The van der Waals surface area contributed by atoms with Gasteiger partial charge in [-0.1, -0.05) is 30.3 Å². The van der Waals surface area contributed by atoms with E-state index in [1.807, 2.05) is 12.1 Å². The Morgan fingerprint density at radius 2 is 2.00 bits per heavy atom. The van der Waals surface area contributed by atoms with Gasteiger partial charge in [0.2, 0.25) is 0 Å². The van der Waals surface area contributed by atoms with Crippen molar-refractivity contribution in [1.29, 1.82) is 0 Å². The van der Waals surface area contributed by atoms with E-state index in [0.717, 1.165) is 0 Å². The van der Waals surface area contributed by atoms with Gasteiger partial charge in [-0.25, -0.2) is 0 Å². The smallest absolute Gasteiger partial charge is 0.387 e. The Balaban J connectivity index is 1.95. The third kappa shape index (κ3) is 4.31. The molecule has 1 amide bonds. The molecule has 0 unspecified atom stereocenters. The van der Waals surface area contributed by atoms with Crippen LogP contribution < -0.4 is 14.4 Å². The number of benzene rings is 2. The van der Waals surface area contributed by atoms with Crippen LogP contribution >= 0.6 is 0 Å². The van der Waals surface area contributed by atoms with Gasteiger partial charge in [0.05, 0.1) is 18.5 Å². The number of amides is 1. The average Bonchev–Trinajstić information content (AvgIpc) is 2.96. The Morgan fingerprint density at radius 1 is 1.21 bits per heavy atom. The lowest BCUT2D eigenvalue weighted by Gasteiger charge is -2.13. The molecule has 29 heavy (non-hydrogen) atoms. The van der Waals surface area contributed by atoms with Gasteiger partial charge in [0.25, 0.3) is 5.91 Å². The van der Waals surface area contributed by atoms with Gasteiger partial charge in [0, 0.05) is 17.7 Å². The quantitative estimate of drug-likeness (QED) is 0.382. The normalized spacial score (nSPS) is 14.7. The second-order valence-electron chi connectivity index (χ2n) is 5.90. The molecule has 6 nitrogen and oxygen atoms in total. The van der Waals surface area contributed by atoms with Crippen molar-refractivity contribution in [3.8, 4) is 11.5 Å². The summed E-state index contributed by atoms with van der Waals surface area (Å²) in [5.41, 5.74) is 1.77. The van der Waals surface area contributed by atoms with Crippen molar-refractivity contribution < 1.29 is 23.0 Å². The number of ether oxygens (including phenoxy) is 2. The van der Waals surface area contributed by atoms with Crippen molar-refractivity contribution in [1.82, 2.24) is 0 Å². The zero-order chi connectivity index (χ0) is 20.8. The van der Waals surface area contributed by atoms with Crippen LogP contribution in [0, 0.1) is 0 Å². The van der Waals surface area contributed by atoms with Gasteiger partial charge in [-0.05, 0) is 25.1 Å². The molecule has 0 aliphatic carbocycles. The van der Waals surface area contributed by atoms with Gasteiger partial charge in [-0.15, -0.1) is 11.7 Å². The maximum absolute atomic E-state index is 12.8. The zero-order valence-electron chi connectivity index (χ0n) is 15.7. The van der Waals surface area contributed by atoms with E-state index in [-0.39, 0.29) is 35.3 Å². The number of anilines is 1. The minimum absolute atomic E-state index is 0.139. The van der Waals surface area contributed by atoms with Crippen molar-refractivity contribution in [2.75, 3.05) is 18.1 Å². The summed E-state index contributed by atoms with van der Waals surface area (Å²) in [7, 11) is 0. The molecule has 0 aromatic heterocycles. The van der Waals surface area contributed by atoms with Crippen LogP contribution in [0.5, 0.6) is 11.5 Å². The second kappa shape index (κ2) is 9.09. The van der Waals surface area contributed by atoms with Gasteiger partial charge in [-0.2, -0.15) is 13.9 Å². The third-order valence-electron chi connectivity index (χ3n) is 4.08. The maximum atomic E-state index is 12.8. The number of rotatable bonds is 8. The number of halogens is 2. The summed E-state index contributed by atoms with van der Waals surface area (Å²) >= 11 is 0. The van der Waals surface area contributed by atoms with E-state index in [2.05, 4.69) is 21.5 Å². The number of carbonyl (C=O) groups is 1. The summed E-state index contributed by atoms with van der Waals surface area (Å²) in [4.78, 5) is 14.2. The first-order chi connectivity index (χ1) is 14.1. The molecule has 3 rings (SSSR count). The first-order valence-corrected chi connectivity index (χ1v) is 8.90. The summed E-state index contributed by atoms with van der Waals surface area (Å²) in [6, 6.07) is 11.9. The SMILES string of the molecule is C=CCN1C(=O)/C(=N\N=C/c2cccc(OCC)c2OC(F)F)c2ccccc21. The zero-order valence-corrected chi connectivity index (χ0v) is 15.7. The second-order valence-corrected chi connectivity index (χ2v) is 5.90. The van der Waals surface area contributed by atoms with Crippen LogP contribution in [0.4, 0.5) is 14.5 Å². The summed E-state index contributed by atoms with van der Waals surface area (Å²) < 4.78 is 35.6. The standard InChI is InChI=1S/C21H19F2N3O3/c1-3-12-26-16-10-6-5-9-15(16)18(20(26)27)25-24-13-14-8-7-11-17(28-4-2)19(14)29-21(22)23/h3,5-11,13,21H,1,4,12H2,2H3/b24-13-,25-18-. The van der Waals surface area contributed by atoms with Crippen LogP contribution in [0.2, 0.25) is 0 Å². The molecule has 2 aromatic rings. The van der Waals surface area contributed by atoms with Gasteiger partial charge in [-0.3, -0.25) is 4.79 Å². The van der Waals surface area contributed by atoms with E-state index in [9.17, 15) is 13.6 Å². The van der Waals surface area contributed by atoms with E-state index < -0.39 is 6.61 Å². The lowest BCUT2D eigenvalue weighted by atomic mass is 10.1. The molecule has 1 aliphatic rings. The molecule has 0 radical (unpaired) electrons. The molecule has 0 saturated carbocycles. The molecule has 1 aliphatic heterocycles. The Kier molecular flexibility index (Phi) is 6.33. The van der Waals surface area contributed by atoms with Crippen molar-refractivity contribution in [3.05, 3.63) is 66.2 Å². The van der Waals surface area contributed by atoms with Crippen LogP contribution in [0.15, 0.2) is 65.3 Å². The highest BCUT2D eigenvalue weighted by molar-refractivity contribution is 6.54. The van der Waals surface area contributed by atoms with Gasteiger partial charge in [0.1, 0.15) is 0 Å². The van der Waals surface area contributed by atoms with Gasteiger partial charge >= 0.3 is 6.61 Å². The molecule has 1 heterocycles. The van der Waals surface area contributed by atoms with Crippen LogP contribution in [0.25, 0.3) is 0 Å². The topological polar surface area (TPSA) is 63.5 Å². The Bertz CT molecular complexity index is 973. The van der Waals surface area contributed by atoms with E-state index >= 15 is 0 Å². The lowest BCUT2D eigenvalue weighted by Crippen LogP contribution is -2.30. The number of alkyl halides is 2. The van der Waals surface area contributed by atoms with E-state index in [4.69, 9.17) is 4.74 Å². The number of carbonyl (C=O) groups excluding carboxylic acids is 1. The Labute approximate surface area is 166 Å². The Morgan fingerprint density at radius 3 is 2.72 bits per heavy atom. The molecule has 0 atom stereocenters. The third-order valence-corrected chi connectivity index (χ3v) is 4.08. The molecule has 150 valence electrons. The van der Waals surface area contributed by atoms with E-state index in [0.29, 0.717) is 17.8 Å². The highest BCUT2D eigenvalue weighted by Gasteiger charge is 2.33. The van der Waals surface area contributed by atoms with Crippen LogP contribution in [-0.4, -0.2) is 37.6 Å². The number of para-hydroxylation sites is 2. The van der Waals surface area contributed by atoms with Crippen LogP contribution in [0.1, 0.15) is 18.1 Å². The monoisotopic (exact) mass is 399 g/mol. The molecule has 0 fully saturated rings. The minimum Gasteiger partial charge on any atom is -0.490 e. The molecular weight excluding hydrogens is 380 g/mol. The number of hydrogen-bond acceptors (Lipinski definition) is 5. The molecule has 0 bridgehead atoms. The predicted octanol–water partition coefficient (Wildman–Crippen LogP) is 4.04. The fraction of sp³-hybridized carbons (Fsp3) is 0.190. The van der Waals surface area contributed by atoms with Crippen molar-refractivity contribution in [2.24, 2.45) is 10.2 Å². The molecular formula is C21H19F2N3O3. The largest absolute Gasteiger partial charge is 0.490 e. The summed E-state index contributed by atoms with van der Waals surface area (Å²) in [5.74, 6) is -0.279.